The van der Waals surface area contributed by atoms with Gasteiger partial charge in [0.15, 0.2) is 11.6 Å². The van der Waals surface area contributed by atoms with Crippen LogP contribution in [0, 0.1) is 0 Å². The molecule has 0 saturated carbocycles. The molecule has 0 heterocycles. The summed E-state index contributed by atoms with van der Waals surface area (Å²) in [4.78, 5) is 25.5. The lowest BCUT2D eigenvalue weighted by Gasteiger charge is -2.23. The number of phenolic OH excluding ortho intramolecular Hbond substituents is 2. The number of fused-ring (bicyclic) bond motifs is 2. The zero-order valence-corrected chi connectivity index (χ0v) is 15.9. The fraction of sp³-hybridized carbons (Fsp3) is 0. The van der Waals surface area contributed by atoms with Crippen molar-refractivity contribution in [3.63, 3.8) is 0 Å². The highest BCUT2D eigenvalue weighted by Crippen LogP contribution is 2.44. The lowest BCUT2D eigenvalue weighted by atomic mass is 9.80. The van der Waals surface area contributed by atoms with Crippen molar-refractivity contribution >= 4 is 33.1 Å². The van der Waals surface area contributed by atoms with Crippen LogP contribution in [0.1, 0.15) is 31.8 Å². The molecule has 152 valence electrons. The number of carbonyl (C=O) groups is 2. The second-order valence-corrected chi connectivity index (χ2v) is 8.15. The molecule has 10 heteroatoms. The Kier molecular flexibility index (Phi) is 4.08. The lowest BCUT2D eigenvalue weighted by molar-refractivity contribution is 0.0977. The number of ketones is 2. The molecular formula is C20H14N2O7S. The van der Waals surface area contributed by atoms with Gasteiger partial charge in [-0.15, -0.1) is 0 Å². The SMILES string of the molecule is Nc1cc(S(=O)(=O)O)cc2c1C(=O)c1c(O)c(-c3ccc(O)cc3)cc(N)c1C2=O. The molecule has 0 spiro atoms. The quantitative estimate of drug-likeness (QED) is 0.182. The first-order chi connectivity index (χ1) is 14.0. The van der Waals surface area contributed by atoms with Crippen LogP contribution in [0.25, 0.3) is 11.1 Å². The molecule has 0 fully saturated rings. The molecule has 0 aliphatic heterocycles. The molecule has 7 N–H and O–H groups in total. The molecule has 9 nitrogen and oxygen atoms in total. The van der Waals surface area contributed by atoms with Gasteiger partial charge in [0.05, 0.1) is 21.6 Å². The van der Waals surface area contributed by atoms with Crippen LogP contribution in [-0.2, 0) is 10.1 Å². The number of nitrogen functional groups attached to an aromatic ring is 2. The fourth-order valence-electron chi connectivity index (χ4n) is 3.50. The van der Waals surface area contributed by atoms with Gasteiger partial charge in [0.1, 0.15) is 11.5 Å². The minimum atomic E-state index is -4.69. The molecule has 0 amide bonds. The molecule has 1 aliphatic carbocycles. The average Bonchev–Trinajstić information content (AvgIpc) is 2.67. The van der Waals surface area contributed by atoms with E-state index in [2.05, 4.69) is 0 Å². The summed E-state index contributed by atoms with van der Waals surface area (Å²) in [6.45, 7) is 0. The highest BCUT2D eigenvalue weighted by atomic mass is 32.2. The zero-order valence-electron chi connectivity index (χ0n) is 15.1. The Balaban J connectivity index is 2.01. The van der Waals surface area contributed by atoms with Crippen LogP contribution in [-0.4, -0.2) is 34.8 Å². The molecule has 0 bridgehead atoms. The molecular weight excluding hydrogens is 412 g/mol. The molecule has 0 aromatic heterocycles. The summed E-state index contributed by atoms with van der Waals surface area (Å²) in [6, 6.07) is 8.73. The van der Waals surface area contributed by atoms with E-state index in [1.807, 2.05) is 0 Å². The zero-order chi connectivity index (χ0) is 22.0. The van der Waals surface area contributed by atoms with Crippen LogP contribution >= 0.6 is 0 Å². The third-order valence-corrected chi connectivity index (χ3v) is 5.71. The van der Waals surface area contributed by atoms with Crippen LogP contribution in [0.15, 0.2) is 47.4 Å². The molecule has 4 rings (SSSR count). The summed E-state index contributed by atoms with van der Waals surface area (Å²) in [5.41, 5.74) is 10.7. The molecule has 3 aromatic rings. The van der Waals surface area contributed by atoms with Gasteiger partial charge in [-0.1, -0.05) is 12.1 Å². The first kappa shape index (κ1) is 19.4. The van der Waals surface area contributed by atoms with Gasteiger partial charge in [-0.2, -0.15) is 8.42 Å². The molecule has 3 aromatic carbocycles. The second kappa shape index (κ2) is 6.31. The minimum absolute atomic E-state index is 0.00762. The van der Waals surface area contributed by atoms with Gasteiger partial charge in [-0.05, 0) is 35.9 Å². The van der Waals surface area contributed by atoms with E-state index in [1.54, 1.807) is 0 Å². The standard InChI is InChI=1S/C20H14N2O7S/c21-13-6-10(30(27,28)29)5-12-15(13)20(26)17-16(19(12)25)14(22)7-11(18(17)24)8-1-3-9(23)4-2-8/h1-7,23-24H,21-22H2,(H,27,28,29). The summed E-state index contributed by atoms with van der Waals surface area (Å²) in [7, 11) is -4.69. The molecule has 0 radical (unpaired) electrons. The van der Waals surface area contributed by atoms with Gasteiger partial charge in [-0.3, -0.25) is 14.1 Å². The van der Waals surface area contributed by atoms with Crippen LogP contribution < -0.4 is 11.5 Å². The highest BCUT2D eigenvalue weighted by molar-refractivity contribution is 7.85. The van der Waals surface area contributed by atoms with Crippen molar-refractivity contribution in [2.75, 3.05) is 11.5 Å². The number of nitrogens with two attached hydrogens (primary N) is 2. The van der Waals surface area contributed by atoms with Gasteiger partial charge in [0, 0.05) is 22.5 Å². The molecule has 30 heavy (non-hydrogen) atoms. The van der Waals surface area contributed by atoms with Crippen molar-refractivity contribution < 1.29 is 32.8 Å². The van der Waals surface area contributed by atoms with Crippen molar-refractivity contribution in [1.29, 1.82) is 0 Å². The van der Waals surface area contributed by atoms with E-state index in [-0.39, 0.29) is 44.9 Å². The maximum atomic E-state index is 13.1. The summed E-state index contributed by atoms with van der Waals surface area (Å²) in [5.74, 6) is -2.15. The normalized spacial score (nSPS) is 13.1. The summed E-state index contributed by atoms with van der Waals surface area (Å²) in [6.07, 6.45) is 0. The van der Waals surface area contributed by atoms with E-state index in [0.29, 0.717) is 5.56 Å². The topological polar surface area (TPSA) is 181 Å². The number of anilines is 2. The fourth-order valence-corrected chi connectivity index (χ4v) is 4.04. The predicted molar refractivity (Wildman–Crippen MR) is 107 cm³/mol. The Hall–Kier alpha value is -3.89. The van der Waals surface area contributed by atoms with Crippen molar-refractivity contribution in [2.45, 2.75) is 4.90 Å². The highest BCUT2D eigenvalue weighted by Gasteiger charge is 2.37. The van der Waals surface area contributed by atoms with E-state index < -0.39 is 32.3 Å². The Morgan fingerprint density at radius 3 is 1.93 bits per heavy atom. The van der Waals surface area contributed by atoms with Gasteiger partial charge >= 0.3 is 0 Å². The van der Waals surface area contributed by atoms with Gasteiger partial charge in [-0.25, -0.2) is 0 Å². The van der Waals surface area contributed by atoms with Gasteiger partial charge in [0.2, 0.25) is 0 Å². The van der Waals surface area contributed by atoms with E-state index >= 15 is 0 Å². The number of rotatable bonds is 2. The van der Waals surface area contributed by atoms with E-state index in [0.717, 1.165) is 12.1 Å². The Morgan fingerprint density at radius 1 is 0.733 bits per heavy atom. The summed E-state index contributed by atoms with van der Waals surface area (Å²) >= 11 is 0. The van der Waals surface area contributed by atoms with Crippen LogP contribution in [0.4, 0.5) is 11.4 Å². The number of phenols is 2. The van der Waals surface area contributed by atoms with Crippen LogP contribution in [0.2, 0.25) is 0 Å². The number of hydrogen-bond donors (Lipinski definition) is 5. The van der Waals surface area contributed by atoms with E-state index in [9.17, 15) is 32.8 Å². The Bertz CT molecular complexity index is 1380. The van der Waals surface area contributed by atoms with Crippen molar-refractivity contribution in [3.05, 3.63) is 64.7 Å². The average molecular weight is 426 g/mol. The van der Waals surface area contributed by atoms with Crippen molar-refractivity contribution in [3.8, 4) is 22.6 Å². The number of carbonyl (C=O) groups excluding carboxylic acids is 2. The molecule has 0 saturated heterocycles. The third-order valence-electron chi connectivity index (χ3n) is 4.87. The monoisotopic (exact) mass is 426 g/mol. The summed E-state index contributed by atoms with van der Waals surface area (Å²) < 4.78 is 32.2. The maximum Gasteiger partial charge on any atom is 0.294 e. The third kappa shape index (κ3) is 2.78. The number of aromatic hydroxyl groups is 2. The molecule has 0 unspecified atom stereocenters. The summed E-state index contributed by atoms with van der Waals surface area (Å²) in [5, 5.41) is 20.3. The first-order valence-electron chi connectivity index (χ1n) is 8.46. The number of hydrogen-bond acceptors (Lipinski definition) is 8. The van der Waals surface area contributed by atoms with Crippen molar-refractivity contribution in [1.82, 2.24) is 0 Å². The second-order valence-electron chi connectivity index (χ2n) is 6.73. The number of benzene rings is 3. The minimum Gasteiger partial charge on any atom is -0.508 e. The Morgan fingerprint density at radius 2 is 1.33 bits per heavy atom. The smallest absolute Gasteiger partial charge is 0.294 e. The largest absolute Gasteiger partial charge is 0.508 e. The van der Waals surface area contributed by atoms with Gasteiger partial charge < -0.3 is 21.7 Å². The van der Waals surface area contributed by atoms with Crippen LogP contribution in [0.3, 0.4) is 0 Å². The molecule has 1 aliphatic rings. The Labute approximate surface area is 169 Å². The van der Waals surface area contributed by atoms with Gasteiger partial charge in [0.25, 0.3) is 10.1 Å². The molecule has 0 atom stereocenters. The lowest BCUT2D eigenvalue weighted by Crippen LogP contribution is -2.25. The maximum absolute atomic E-state index is 13.1. The predicted octanol–water partition coefficient (Wildman–Crippen LogP) is 1.95. The van der Waals surface area contributed by atoms with Crippen molar-refractivity contribution in [2.24, 2.45) is 0 Å². The van der Waals surface area contributed by atoms with Crippen LogP contribution in [0.5, 0.6) is 11.5 Å². The van der Waals surface area contributed by atoms with E-state index in [4.69, 9.17) is 11.5 Å². The first-order valence-corrected chi connectivity index (χ1v) is 9.90. The van der Waals surface area contributed by atoms with E-state index in [1.165, 1.54) is 30.3 Å².